The molecule has 0 saturated carbocycles. The van der Waals surface area contributed by atoms with Crippen LogP contribution in [0.1, 0.15) is 61.2 Å². The number of aliphatic carboxylic acids is 1. The molecule has 40 heavy (non-hydrogen) atoms. The van der Waals surface area contributed by atoms with Crippen LogP contribution in [-0.2, 0) is 16.0 Å². The summed E-state index contributed by atoms with van der Waals surface area (Å²) in [7, 11) is 0. The first-order valence-corrected chi connectivity index (χ1v) is 13.6. The zero-order valence-corrected chi connectivity index (χ0v) is 23.9. The van der Waals surface area contributed by atoms with Gasteiger partial charge in [0.05, 0.1) is 17.9 Å². The maximum atomic E-state index is 12.7. The summed E-state index contributed by atoms with van der Waals surface area (Å²) in [6.07, 6.45) is 5.78. The van der Waals surface area contributed by atoms with Gasteiger partial charge in [0, 0.05) is 34.8 Å². The molecule has 4 aromatic rings. The van der Waals surface area contributed by atoms with Gasteiger partial charge in [-0.25, -0.2) is 14.8 Å². The highest BCUT2D eigenvalue weighted by Gasteiger charge is 2.33. The van der Waals surface area contributed by atoms with Gasteiger partial charge in [0.1, 0.15) is 12.1 Å². The number of aromatic nitrogens is 3. The number of nitrogens with zero attached hydrogens (tertiary/aromatic N) is 3. The van der Waals surface area contributed by atoms with Crippen LogP contribution in [0.2, 0.25) is 0 Å². The molecule has 2 aromatic heterocycles. The number of hydrogen-bond acceptors (Lipinski definition) is 6. The van der Waals surface area contributed by atoms with Crippen molar-refractivity contribution in [1.29, 1.82) is 0 Å². The van der Waals surface area contributed by atoms with E-state index in [9.17, 15) is 9.90 Å². The Bertz CT molecular complexity index is 1560. The summed E-state index contributed by atoms with van der Waals surface area (Å²) in [6, 6.07) is 12.2. The Kier molecular flexibility index (Phi) is 7.43. The fourth-order valence-electron chi connectivity index (χ4n) is 5.50. The molecule has 7 nitrogen and oxygen atoms in total. The van der Waals surface area contributed by atoms with Crippen LogP contribution in [0.3, 0.4) is 0 Å². The number of carboxylic acids is 1. The number of fused-ring (bicyclic) bond motifs is 1. The second kappa shape index (κ2) is 10.8. The quantitative estimate of drug-likeness (QED) is 0.281. The van der Waals surface area contributed by atoms with Gasteiger partial charge in [0.15, 0.2) is 6.10 Å². The number of ether oxygens (including phenoxy) is 2. The Morgan fingerprint density at radius 3 is 2.27 bits per heavy atom. The monoisotopic (exact) mass is 537 g/mol. The van der Waals surface area contributed by atoms with Gasteiger partial charge in [0.2, 0.25) is 0 Å². The Morgan fingerprint density at radius 2 is 1.62 bits per heavy atom. The summed E-state index contributed by atoms with van der Waals surface area (Å²) in [5.74, 6) is -0.138. The van der Waals surface area contributed by atoms with Crippen LogP contribution >= 0.6 is 0 Å². The molecule has 5 rings (SSSR count). The van der Waals surface area contributed by atoms with Crippen molar-refractivity contribution >= 4 is 5.97 Å². The number of benzene rings is 2. The first kappa shape index (κ1) is 27.5. The van der Waals surface area contributed by atoms with Crippen LogP contribution in [-0.4, -0.2) is 38.2 Å². The van der Waals surface area contributed by atoms with Crippen molar-refractivity contribution < 1.29 is 19.4 Å². The number of aryl methyl sites for hydroxylation is 1. The van der Waals surface area contributed by atoms with Crippen molar-refractivity contribution in [3.63, 3.8) is 0 Å². The molecule has 3 heterocycles. The molecule has 0 fully saturated rings. The van der Waals surface area contributed by atoms with Gasteiger partial charge in [-0.1, -0.05) is 30.3 Å². The average molecular weight is 538 g/mol. The van der Waals surface area contributed by atoms with Gasteiger partial charge in [-0.3, -0.25) is 4.98 Å². The van der Waals surface area contributed by atoms with Crippen LogP contribution in [0.25, 0.3) is 33.5 Å². The molecule has 1 atom stereocenters. The average Bonchev–Trinajstić information content (AvgIpc) is 2.93. The lowest BCUT2D eigenvalue weighted by Crippen LogP contribution is -2.28. The van der Waals surface area contributed by atoms with Crippen molar-refractivity contribution in [1.82, 2.24) is 15.0 Å². The summed E-state index contributed by atoms with van der Waals surface area (Å²) < 4.78 is 12.1. The lowest BCUT2D eigenvalue weighted by molar-refractivity contribution is -0.160. The lowest BCUT2D eigenvalue weighted by atomic mass is 9.84. The van der Waals surface area contributed by atoms with E-state index in [-0.39, 0.29) is 0 Å². The SMILES string of the molecule is Cc1nc(-c2ccc(-c3cncnc3)cc2)c(C)c(-c2ccc3c(c2C)CCCO3)c1[C@H](OC(C)(C)C)C(=O)O. The number of pyridine rings is 1. The van der Waals surface area contributed by atoms with Crippen LogP contribution in [0, 0.1) is 20.8 Å². The van der Waals surface area contributed by atoms with Gasteiger partial charge < -0.3 is 14.6 Å². The summed E-state index contributed by atoms with van der Waals surface area (Å²) in [4.78, 5) is 25.9. The topological polar surface area (TPSA) is 94.4 Å². The molecule has 0 unspecified atom stereocenters. The maximum Gasteiger partial charge on any atom is 0.337 e. The van der Waals surface area contributed by atoms with Crippen molar-refractivity contribution in [2.75, 3.05) is 6.61 Å². The second-order valence-electron chi connectivity index (χ2n) is 11.3. The molecule has 206 valence electrons. The van der Waals surface area contributed by atoms with E-state index >= 15 is 0 Å². The van der Waals surface area contributed by atoms with Crippen LogP contribution < -0.4 is 4.74 Å². The summed E-state index contributed by atoms with van der Waals surface area (Å²) >= 11 is 0. The van der Waals surface area contributed by atoms with Crippen molar-refractivity contribution in [2.24, 2.45) is 0 Å². The van der Waals surface area contributed by atoms with Gasteiger partial charge in [-0.05, 0) is 93.8 Å². The minimum Gasteiger partial charge on any atom is -0.493 e. The number of rotatable bonds is 6. The summed E-state index contributed by atoms with van der Waals surface area (Å²) in [5.41, 5.74) is 9.22. The standard InChI is InChI=1S/C33H35N3O4/c1-19-25-8-7-15-39-27(25)14-13-26(19)28-20(2)30(23-11-9-22(10-12-23)24-16-34-18-35-17-24)36-21(3)29(28)31(32(37)38)40-33(4,5)6/h9-14,16-18,31H,7-8,15H2,1-6H3,(H,37,38)/t31-/m0/s1. The third-order valence-corrected chi connectivity index (χ3v) is 7.33. The molecule has 2 aromatic carbocycles. The van der Waals surface area contributed by atoms with Crippen molar-refractivity contribution in [2.45, 2.75) is 66.1 Å². The minimum absolute atomic E-state index is 0.585. The highest BCUT2D eigenvalue weighted by atomic mass is 16.5. The highest BCUT2D eigenvalue weighted by Crippen LogP contribution is 2.44. The van der Waals surface area contributed by atoms with E-state index in [0.29, 0.717) is 17.9 Å². The lowest BCUT2D eigenvalue weighted by Gasteiger charge is -2.30. The Morgan fingerprint density at radius 1 is 0.950 bits per heavy atom. The number of carboxylic acid groups (broad SMARTS) is 1. The van der Waals surface area contributed by atoms with E-state index in [1.54, 1.807) is 12.4 Å². The number of hydrogen-bond donors (Lipinski definition) is 1. The largest absolute Gasteiger partial charge is 0.493 e. The van der Waals surface area contributed by atoms with Crippen LogP contribution in [0.4, 0.5) is 0 Å². The normalized spacial score (nSPS) is 13.8. The molecule has 1 aliphatic heterocycles. The van der Waals surface area contributed by atoms with E-state index in [2.05, 4.69) is 16.9 Å². The summed E-state index contributed by atoms with van der Waals surface area (Å²) in [6.45, 7) is 12.3. The molecule has 0 amide bonds. The smallest absolute Gasteiger partial charge is 0.337 e. The predicted octanol–water partition coefficient (Wildman–Crippen LogP) is 7.06. The zero-order valence-electron chi connectivity index (χ0n) is 23.9. The Hall–Kier alpha value is -4.10. The molecule has 0 spiro atoms. The molecule has 1 N–H and O–H groups in total. The fraction of sp³-hybridized carbons (Fsp3) is 0.333. The Labute approximate surface area is 235 Å². The van der Waals surface area contributed by atoms with Gasteiger partial charge in [0.25, 0.3) is 0 Å². The predicted molar refractivity (Wildman–Crippen MR) is 155 cm³/mol. The maximum absolute atomic E-state index is 12.7. The molecular formula is C33H35N3O4. The van der Waals surface area contributed by atoms with Crippen molar-refractivity contribution in [3.8, 4) is 39.3 Å². The van der Waals surface area contributed by atoms with Gasteiger partial charge >= 0.3 is 5.97 Å². The van der Waals surface area contributed by atoms with E-state index in [4.69, 9.17) is 14.5 Å². The van der Waals surface area contributed by atoms with Gasteiger partial charge in [-0.2, -0.15) is 0 Å². The third kappa shape index (κ3) is 5.34. The van der Waals surface area contributed by atoms with Crippen LogP contribution in [0.15, 0.2) is 55.1 Å². The zero-order chi connectivity index (χ0) is 28.6. The molecule has 0 aliphatic carbocycles. The minimum atomic E-state index is -1.18. The first-order valence-electron chi connectivity index (χ1n) is 13.6. The van der Waals surface area contributed by atoms with E-state index in [0.717, 1.165) is 63.2 Å². The summed E-state index contributed by atoms with van der Waals surface area (Å²) in [5, 5.41) is 10.4. The Balaban J connectivity index is 1.73. The molecule has 0 radical (unpaired) electrons. The second-order valence-corrected chi connectivity index (χ2v) is 11.3. The van der Waals surface area contributed by atoms with Crippen molar-refractivity contribution in [3.05, 3.63) is 83.1 Å². The van der Waals surface area contributed by atoms with E-state index in [1.807, 2.05) is 71.0 Å². The molecule has 7 heteroatoms. The third-order valence-electron chi connectivity index (χ3n) is 7.33. The van der Waals surface area contributed by atoms with Crippen LogP contribution in [0.5, 0.6) is 5.75 Å². The molecule has 0 saturated heterocycles. The van der Waals surface area contributed by atoms with E-state index < -0.39 is 17.7 Å². The van der Waals surface area contributed by atoms with Gasteiger partial charge in [-0.15, -0.1) is 0 Å². The molecular weight excluding hydrogens is 502 g/mol. The highest BCUT2D eigenvalue weighted by molar-refractivity contribution is 5.87. The molecule has 0 bridgehead atoms. The molecule has 1 aliphatic rings. The number of carbonyl (C=O) groups is 1. The first-order chi connectivity index (χ1) is 19.0. The van der Waals surface area contributed by atoms with E-state index in [1.165, 1.54) is 11.9 Å². The fourth-order valence-corrected chi connectivity index (χ4v) is 5.50.